The number of sulfone groups is 1. The molecule has 0 unspecified atom stereocenters. The molecule has 1 aliphatic heterocycles. The van der Waals surface area contributed by atoms with E-state index in [0.717, 1.165) is 5.56 Å². The van der Waals surface area contributed by atoms with Crippen LogP contribution in [-0.4, -0.2) is 40.3 Å². The van der Waals surface area contributed by atoms with E-state index in [9.17, 15) is 21.6 Å². The molecule has 0 radical (unpaired) electrons. The summed E-state index contributed by atoms with van der Waals surface area (Å²) in [5.41, 5.74) is 2.05. The Morgan fingerprint density at radius 2 is 1.79 bits per heavy atom. The Morgan fingerprint density at radius 1 is 1.09 bits per heavy atom. The molecule has 8 nitrogen and oxygen atoms in total. The van der Waals surface area contributed by atoms with Crippen LogP contribution in [0.2, 0.25) is 0 Å². The Kier molecular flexibility index (Phi) is 6.42. The van der Waals surface area contributed by atoms with Crippen molar-refractivity contribution < 1.29 is 26.0 Å². The number of hydrogen-bond donors (Lipinski definition) is 1. The van der Waals surface area contributed by atoms with E-state index < -0.39 is 25.9 Å². The Labute approximate surface area is 193 Å². The molecule has 1 aliphatic rings. The zero-order valence-electron chi connectivity index (χ0n) is 18.0. The molecular weight excluding hydrogens is 464 g/mol. The first-order chi connectivity index (χ1) is 15.6. The number of rotatable bonds is 7. The quantitative estimate of drug-likeness (QED) is 0.547. The number of furan rings is 1. The van der Waals surface area contributed by atoms with Crippen LogP contribution in [0.4, 0.5) is 5.69 Å². The number of sulfonamides is 1. The third-order valence-corrected chi connectivity index (χ3v) is 8.76. The number of carbonyl (C=O) groups is 1. The minimum atomic E-state index is -3.91. The number of hydrogen-bond acceptors (Lipinski definition) is 6. The summed E-state index contributed by atoms with van der Waals surface area (Å²) >= 11 is 0. The van der Waals surface area contributed by atoms with Crippen LogP contribution in [-0.2, 0) is 26.4 Å². The maximum atomic E-state index is 13.3. The topological polar surface area (TPSA) is 114 Å². The third kappa shape index (κ3) is 5.52. The van der Waals surface area contributed by atoms with Crippen LogP contribution in [0.3, 0.4) is 0 Å². The van der Waals surface area contributed by atoms with Gasteiger partial charge in [0, 0.05) is 17.3 Å². The molecule has 174 valence electrons. The van der Waals surface area contributed by atoms with Crippen molar-refractivity contribution in [3.8, 4) is 0 Å². The lowest BCUT2D eigenvalue weighted by atomic mass is 10.1. The lowest BCUT2D eigenvalue weighted by Gasteiger charge is -2.22. The monoisotopic (exact) mass is 488 g/mol. The Balaban J connectivity index is 1.55. The second-order valence-corrected chi connectivity index (χ2v) is 12.0. The van der Waals surface area contributed by atoms with Crippen molar-refractivity contribution >= 4 is 31.5 Å². The van der Waals surface area contributed by atoms with Crippen LogP contribution < -0.4 is 9.62 Å². The summed E-state index contributed by atoms with van der Waals surface area (Å²) in [5, 5.41) is 0. The fraction of sp³-hybridized carbons (Fsp3) is 0.261. The summed E-state index contributed by atoms with van der Waals surface area (Å²) < 4.78 is 56.4. The molecule has 0 saturated carbocycles. The van der Waals surface area contributed by atoms with Crippen LogP contribution in [0.15, 0.2) is 76.2 Å². The number of anilines is 1. The Morgan fingerprint density at radius 3 is 2.36 bits per heavy atom. The summed E-state index contributed by atoms with van der Waals surface area (Å²) in [5.74, 6) is 0.0621. The zero-order chi connectivity index (χ0) is 23.6. The van der Waals surface area contributed by atoms with Crippen LogP contribution in [0, 0.1) is 6.92 Å². The SMILES string of the molecule is Cc1ccc(N(Cc2ccco2)C(=O)c2ccc(S(=O)(=O)N[C@H]3CCS(=O)(=O)C3)cc2)cc1. The lowest BCUT2D eigenvalue weighted by Crippen LogP contribution is -2.35. The highest BCUT2D eigenvalue weighted by atomic mass is 32.2. The molecule has 0 aliphatic carbocycles. The van der Waals surface area contributed by atoms with Crippen LogP contribution in [0.5, 0.6) is 0 Å². The van der Waals surface area contributed by atoms with Gasteiger partial charge in [0.25, 0.3) is 5.91 Å². The van der Waals surface area contributed by atoms with Gasteiger partial charge in [-0.05, 0) is 61.9 Å². The van der Waals surface area contributed by atoms with E-state index in [0.29, 0.717) is 17.0 Å². The molecular formula is C23H24N2O6S2. The fourth-order valence-corrected chi connectivity index (χ4v) is 6.72. The Bertz CT molecular complexity index is 1330. The number of nitrogens with one attached hydrogen (secondary N) is 1. The molecule has 0 bridgehead atoms. The lowest BCUT2D eigenvalue weighted by molar-refractivity contribution is 0.0983. The predicted molar refractivity (Wildman–Crippen MR) is 124 cm³/mol. The molecule has 10 heteroatoms. The molecule has 4 rings (SSSR count). The maximum absolute atomic E-state index is 13.3. The van der Waals surface area contributed by atoms with Gasteiger partial charge in [0.15, 0.2) is 9.84 Å². The molecule has 2 aromatic carbocycles. The van der Waals surface area contributed by atoms with E-state index >= 15 is 0 Å². The van der Waals surface area contributed by atoms with Crippen molar-refractivity contribution in [1.82, 2.24) is 4.72 Å². The van der Waals surface area contributed by atoms with E-state index in [4.69, 9.17) is 4.42 Å². The van der Waals surface area contributed by atoms with E-state index in [-0.39, 0.29) is 35.3 Å². The van der Waals surface area contributed by atoms with Crippen molar-refractivity contribution in [2.24, 2.45) is 0 Å². The number of benzene rings is 2. The van der Waals surface area contributed by atoms with Crippen LogP contribution >= 0.6 is 0 Å². The second-order valence-electron chi connectivity index (χ2n) is 8.05. The minimum absolute atomic E-state index is 0.0296. The molecule has 0 spiro atoms. The van der Waals surface area contributed by atoms with Crippen molar-refractivity contribution in [2.45, 2.75) is 30.8 Å². The summed E-state index contributed by atoms with van der Waals surface area (Å²) in [6.45, 7) is 2.17. The van der Waals surface area contributed by atoms with Crippen molar-refractivity contribution in [3.63, 3.8) is 0 Å². The second kappa shape index (κ2) is 9.12. The van der Waals surface area contributed by atoms with Gasteiger partial charge < -0.3 is 9.32 Å². The first kappa shape index (κ1) is 23.2. The zero-order valence-corrected chi connectivity index (χ0v) is 19.6. The van der Waals surface area contributed by atoms with E-state index in [1.165, 1.54) is 30.5 Å². The highest BCUT2D eigenvalue weighted by Crippen LogP contribution is 2.22. The molecule has 3 aromatic rings. The first-order valence-corrected chi connectivity index (χ1v) is 13.7. The number of nitrogens with zero attached hydrogens (tertiary/aromatic N) is 1. The van der Waals surface area contributed by atoms with Crippen molar-refractivity contribution in [3.05, 3.63) is 83.8 Å². The predicted octanol–water partition coefficient (Wildman–Crippen LogP) is 2.90. The van der Waals surface area contributed by atoms with Crippen molar-refractivity contribution in [1.29, 1.82) is 0 Å². The number of carbonyl (C=O) groups excluding carboxylic acids is 1. The van der Waals surface area contributed by atoms with Gasteiger partial charge in [-0.2, -0.15) is 0 Å². The van der Waals surface area contributed by atoms with Gasteiger partial charge in [-0.1, -0.05) is 17.7 Å². The normalized spacial score (nSPS) is 17.7. The van der Waals surface area contributed by atoms with Crippen LogP contribution in [0.1, 0.15) is 28.1 Å². The van der Waals surface area contributed by atoms with Gasteiger partial charge in [0.2, 0.25) is 10.0 Å². The van der Waals surface area contributed by atoms with Gasteiger partial charge >= 0.3 is 0 Å². The van der Waals surface area contributed by atoms with Gasteiger partial charge in [-0.25, -0.2) is 21.6 Å². The molecule has 33 heavy (non-hydrogen) atoms. The standard InChI is InChI=1S/C23H24N2O6S2/c1-17-4-8-20(9-5-17)25(15-21-3-2-13-31-21)23(26)18-6-10-22(11-7-18)33(29,30)24-19-12-14-32(27,28)16-19/h2-11,13,19,24H,12,14-16H2,1H3/t19-/m0/s1. The summed E-state index contributed by atoms with van der Waals surface area (Å²) in [7, 11) is -7.12. The first-order valence-electron chi connectivity index (χ1n) is 10.4. The summed E-state index contributed by atoms with van der Waals surface area (Å²) in [4.78, 5) is 14.8. The number of aryl methyl sites for hydroxylation is 1. The Hall–Kier alpha value is -2.95. The van der Waals surface area contributed by atoms with Crippen molar-refractivity contribution in [2.75, 3.05) is 16.4 Å². The number of amides is 1. The highest BCUT2D eigenvalue weighted by molar-refractivity contribution is 7.92. The summed E-state index contributed by atoms with van der Waals surface area (Å²) in [6.07, 6.45) is 1.78. The molecule has 1 atom stereocenters. The van der Waals surface area contributed by atoms with E-state index in [1.54, 1.807) is 17.0 Å². The van der Waals surface area contributed by atoms with Gasteiger partial charge in [-0.15, -0.1) is 0 Å². The van der Waals surface area contributed by atoms with Gasteiger partial charge in [0.05, 0.1) is 29.2 Å². The van der Waals surface area contributed by atoms with E-state index in [2.05, 4.69) is 4.72 Å². The third-order valence-electron chi connectivity index (χ3n) is 5.45. The largest absolute Gasteiger partial charge is 0.467 e. The van der Waals surface area contributed by atoms with Crippen LogP contribution in [0.25, 0.3) is 0 Å². The maximum Gasteiger partial charge on any atom is 0.258 e. The van der Waals surface area contributed by atoms with Gasteiger partial charge in [-0.3, -0.25) is 4.79 Å². The smallest absolute Gasteiger partial charge is 0.258 e. The van der Waals surface area contributed by atoms with E-state index in [1.807, 2.05) is 31.2 Å². The summed E-state index contributed by atoms with van der Waals surface area (Å²) in [6, 6.07) is 16.0. The molecule has 1 fully saturated rings. The highest BCUT2D eigenvalue weighted by Gasteiger charge is 2.31. The molecule has 1 N–H and O–H groups in total. The minimum Gasteiger partial charge on any atom is -0.467 e. The average Bonchev–Trinajstić information content (AvgIpc) is 3.41. The molecule has 1 aromatic heterocycles. The molecule has 1 amide bonds. The molecule has 1 saturated heterocycles. The van der Waals surface area contributed by atoms with Gasteiger partial charge in [0.1, 0.15) is 5.76 Å². The molecule has 2 heterocycles. The fourth-order valence-electron chi connectivity index (χ4n) is 3.67. The average molecular weight is 489 g/mol.